The summed E-state index contributed by atoms with van der Waals surface area (Å²) in [6.45, 7) is 0. The Kier molecular flexibility index (Phi) is 7.03. The smallest absolute Gasteiger partial charge is 0.307 e. The molecule has 2 aromatic carbocycles. The zero-order chi connectivity index (χ0) is 22.4. The molecule has 30 heavy (non-hydrogen) atoms. The van der Waals surface area contributed by atoms with E-state index in [4.69, 9.17) is 5.11 Å². The molecule has 2 aromatic rings. The number of aliphatic carboxylic acids is 2. The predicted octanol–water partition coefficient (Wildman–Crippen LogP) is 2.05. The second kappa shape index (κ2) is 9.46. The Morgan fingerprint density at radius 3 is 2.20 bits per heavy atom. The van der Waals surface area contributed by atoms with Crippen LogP contribution in [0.2, 0.25) is 0 Å². The SMILES string of the molecule is O=C(O)Cc1c(/C=C/C(=O)CC(Cc2cccc(O)c2O)C(=O)O)ccc(O)c1O. The second-order valence-corrected chi connectivity index (χ2v) is 6.60. The lowest BCUT2D eigenvalue weighted by atomic mass is 9.93. The lowest BCUT2D eigenvalue weighted by Crippen LogP contribution is -2.19. The van der Waals surface area contributed by atoms with Crippen LogP contribution in [0.1, 0.15) is 23.1 Å². The number of carboxylic acid groups (broad SMARTS) is 2. The Hall–Kier alpha value is -4.01. The van der Waals surface area contributed by atoms with Crippen molar-refractivity contribution in [3.63, 3.8) is 0 Å². The maximum Gasteiger partial charge on any atom is 0.307 e. The van der Waals surface area contributed by atoms with Crippen molar-refractivity contribution in [2.24, 2.45) is 5.92 Å². The molecule has 0 spiro atoms. The molecule has 2 rings (SSSR count). The van der Waals surface area contributed by atoms with Crippen LogP contribution in [0.25, 0.3) is 6.08 Å². The quantitative estimate of drug-likeness (QED) is 0.264. The lowest BCUT2D eigenvalue weighted by molar-refractivity contribution is -0.143. The van der Waals surface area contributed by atoms with Gasteiger partial charge >= 0.3 is 11.9 Å². The van der Waals surface area contributed by atoms with Gasteiger partial charge in [-0.05, 0) is 35.8 Å². The largest absolute Gasteiger partial charge is 0.504 e. The van der Waals surface area contributed by atoms with Gasteiger partial charge in [0, 0.05) is 12.0 Å². The van der Waals surface area contributed by atoms with Gasteiger partial charge in [-0.3, -0.25) is 14.4 Å². The predicted molar refractivity (Wildman–Crippen MR) is 104 cm³/mol. The number of hydrogen-bond acceptors (Lipinski definition) is 7. The Labute approximate surface area is 170 Å². The summed E-state index contributed by atoms with van der Waals surface area (Å²) in [4.78, 5) is 34.8. The zero-order valence-electron chi connectivity index (χ0n) is 15.6. The molecule has 1 unspecified atom stereocenters. The Morgan fingerprint density at radius 1 is 0.900 bits per heavy atom. The molecule has 0 aliphatic carbocycles. The first-order valence-corrected chi connectivity index (χ1v) is 8.79. The molecule has 0 aromatic heterocycles. The number of benzene rings is 2. The Morgan fingerprint density at radius 2 is 1.57 bits per heavy atom. The second-order valence-electron chi connectivity index (χ2n) is 6.60. The van der Waals surface area contributed by atoms with Crippen molar-refractivity contribution in [2.75, 3.05) is 0 Å². The van der Waals surface area contributed by atoms with Crippen molar-refractivity contribution >= 4 is 23.8 Å². The van der Waals surface area contributed by atoms with Crippen LogP contribution in [-0.2, 0) is 27.2 Å². The van der Waals surface area contributed by atoms with E-state index in [1.807, 2.05) is 0 Å². The van der Waals surface area contributed by atoms with Gasteiger partial charge in [-0.1, -0.05) is 24.3 Å². The summed E-state index contributed by atoms with van der Waals surface area (Å²) in [5.74, 6) is -6.27. The van der Waals surface area contributed by atoms with Crippen LogP contribution >= 0.6 is 0 Å². The molecule has 0 heterocycles. The number of hydrogen-bond donors (Lipinski definition) is 6. The van der Waals surface area contributed by atoms with Gasteiger partial charge in [0.1, 0.15) is 0 Å². The first kappa shape index (κ1) is 22.3. The Bertz CT molecular complexity index is 1010. The summed E-state index contributed by atoms with van der Waals surface area (Å²) in [7, 11) is 0. The number of carboxylic acids is 2. The van der Waals surface area contributed by atoms with Crippen LogP contribution in [0, 0.1) is 5.92 Å². The molecule has 0 saturated carbocycles. The van der Waals surface area contributed by atoms with Crippen molar-refractivity contribution in [1.82, 2.24) is 0 Å². The molecule has 0 fully saturated rings. The average molecular weight is 416 g/mol. The van der Waals surface area contributed by atoms with E-state index in [0.29, 0.717) is 0 Å². The molecule has 1 atom stereocenters. The molecular formula is C21H20O9. The monoisotopic (exact) mass is 416 g/mol. The van der Waals surface area contributed by atoms with Crippen molar-refractivity contribution in [3.05, 3.63) is 53.1 Å². The third-order valence-corrected chi connectivity index (χ3v) is 4.44. The maximum atomic E-state index is 12.3. The first-order valence-electron chi connectivity index (χ1n) is 8.79. The van der Waals surface area contributed by atoms with Crippen LogP contribution in [0.15, 0.2) is 36.4 Å². The number of phenols is 4. The summed E-state index contributed by atoms with van der Waals surface area (Å²) in [5.41, 5.74) is 0.260. The molecule has 9 heteroatoms. The average Bonchev–Trinajstić information content (AvgIpc) is 2.67. The molecule has 0 aliphatic heterocycles. The van der Waals surface area contributed by atoms with E-state index < -0.39 is 59.5 Å². The van der Waals surface area contributed by atoms with Crippen molar-refractivity contribution in [3.8, 4) is 23.0 Å². The minimum atomic E-state index is -1.27. The zero-order valence-corrected chi connectivity index (χ0v) is 15.6. The topological polar surface area (TPSA) is 173 Å². The van der Waals surface area contributed by atoms with Crippen LogP contribution in [-0.4, -0.2) is 48.4 Å². The third kappa shape index (κ3) is 5.51. The number of para-hydroxylation sites is 1. The maximum absolute atomic E-state index is 12.3. The van der Waals surface area contributed by atoms with Crippen molar-refractivity contribution < 1.29 is 45.0 Å². The van der Waals surface area contributed by atoms with Crippen molar-refractivity contribution in [1.29, 1.82) is 0 Å². The van der Waals surface area contributed by atoms with Gasteiger partial charge in [0.05, 0.1) is 12.3 Å². The number of carbonyl (C=O) groups is 3. The minimum Gasteiger partial charge on any atom is -0.504 e. The molecule has 6 N–H and O–H groups in total. The molecule has 0 aliphatic rings. The highest BCUT2D eigenvalue weighted by Crippen LogP contribution is 2.33. The normalized spacial score (nSPS) is 12.0. The van der Waals surface area contributed by atoms with E-state index in [0.717, 1.165) is 12.1 Å². The lowest BCUT2D eigenvalue weighted by Gasteiger charge is -2.12. The fourth-order valence-electron chi connectivity index (χ4n) is 2.88. The minimum absolute atomic E-state index is 0.0917. The van der Waals surface area contributed by atoms with Gasteiger partial charge in [-0.15, -0.1) is 0 Å². The number of carbonyl (C=O) groups excluding carboxylic acids is 1. The fourth-order valence-corrected chi connectivity index (χ4v) is 2.88. The molecule has 9 nitrogen and oxygen atoms in total. The highest BCUT2D eigenvalue weighted by atomic mass is 16.4. The van der Waals surface area contributed by atoms with Gasteiger partial charge in [-0.2, -0.15) is 0 Å². The first-order chi connectivity index (χ1) is 14.1. The molecule has 0 radical (unpaired) electrons. The molecular weight excluding hydrogens is 396 g/mol. The van der Waals surface area contributed by atoms with Crippen LogP contribution in [0.3, 0.4) is 0 Å². The van der Waals surface area contributed by atoms with Gasteiger partial charge in [0.2, 0.25) is 0 Å². The molecule has 0 bridgehead atoms. The van der Waals surface area contributed by atoms with Crippen LogP contribution < -0.4 is 0 Å². The summed E-state index contributed by atoms with van der Waals surface area (Å²) < 4.78 is 0. The number of rotatable bonds is 9. The van der Waals surface area contributed by atoms with Crippen molar-refractivity contribution in [2.45, 2.75) is 19.3 Å². The summed E-state index contributed by atoms with van der Waals surface area (Å²) in [6.07, 6.45) is 1.07. The van der Waals surface area contributed by atoms with Crippen LogP contribution in [0.4, 0.5) is 0 Å². The molecule has 0 saturated heterocycles. The highest BCUT2D eigenvalue weighted by Gasteiger charge is 2.23. The van der Waals surface area contributed by atoms with E-state index in [9.17, 15) is 39.9 Å². The number of phenolic OH excluding ortho intramolecular Hbond substituents is 4. The molecule has 0 amide bonds. The number of ketones is 1. The van der Waals surface area contributed by atoms with Gasteiger partial charge in [-0.25, -0.2) is 0 Å². The standard InChI is InChI=1S/C21H20O9/c22-14(6-4-11-5-7-17(24)20(28)15(11)10-18(25)26)9-13(21(29)30)8-12-2-1-3-16(23)19(12)27/h1-7,13,23-24,27-28H,8-10H2,(H,25,26)(H,29,30)/b6-4+. The number of allylic oxidation sites excluding steroid dienone is 1. The third-order valence-electron chi connectivity index (χ3n) is 4.44. The number of aromatic hydroxyl groups is 4. The van der Waals surface area contributed by atoms with E-state index in [-0.39, 0.29) is 23.1 Å². The summed E-state index contributed by atoms with van der Waals surface area (Å²) in [6, 6.07) is 6.56. The van der Waals surface area contributed by atoms with Gasteiger partial charge in [0.25, 0.3) is 0 Å². The summed E-state index contributed by atoms with van der Waals surface area (Å²) in [5, 5.41) is 57.1. The highest BCUT2D eigenvalue weighted by molar-refractivity contribution is 5.96. The Balaban J connectivity index is 2.19. The van der Waals surface area contributed by atoms with E-state index in [1.54, 1.807) is 0 Å². The van der Waals surface area contributed by atoms with E-state index in [2.05, 4.69) is 0 Å². The van der Waals surface area contributed by atoms with E-state index in [1.165, 1.54) is 30.3 Å². The van der Waals surface area contributed by atoms with Crippen LogP contribution in [0.5, 0.6) is 23.0 Å². The van der Waals surface area contributed by atoms with Gasteiger partial charge < -0.3 is 30.6 Å². The molecule has 158 valence electrons. The van der Waals surface area contributed by atoms with Gasteiger partial charge in [0.15, 0.2) is 28.8 Å². The van der Waals surface area contributed by atoms with E-state index >= 15 is 0 Å². The fraction of sp³-hybridized carbons (Fsp3) is 0.190. The summed E-state index contributed by atoms with van der Waals surface area (Å²) >= 11 is 0.